The Hall–Kier alpha value is -1.81. The predicted octanol–water partition coefficient (Wildman–Crippen LogP) is 2.18. The molecule has 4 heteroatoms. The lowest BCUT2D eigenvalue weighted by atomic mass is 10.2. The van der Waals surface area contributed by atoms with Crippen LogP contribution in [0.5, 0.6) is 0 Å². The van der Waals surface area contributed by atoms with E-state index in [0.717, 1.165) is 23.5 Å². The highest BCUT2D eigenvalue weighted by Gasteiger charge is 2.02. The average molecular weight is 231 g/mol. The summed E-state index contributed by atoms with van der Waals surface area (Å²) in [5.41, 5.74) is 3.28. The largest absolute Gasteiger partial charge is 0.380 e. The van der Waals surface area contributed by atoms with E-state index in [0.29, 0.717) is 6.61 Å². The van der Waals surface area contributed by atoms with E-state index < -0.39 is 0 Å². The number of nitrogens with zero attached hydrogens (tertiary/aromatic N) is 2. The molecule has 1 heterocycles. The van der Waals surface area contributed by atoms with Gasteiger partial charge in [-0.3, -0.25) is 4.68 Å². The lowest BCUT2D eigenvalue weighted by molar-refractivity contribution is 0.185. The summed E-state index contributed by atoms with van der Waals surface area (Å²) in [6.45, 7) is 1.34. The number of para-hydroxylation sites is 1. The zero-order valence-electron chi connectivity index (χ0n) is 10.2. The molecule has 0 aliphatic carbocycles. The third-order valence-corrected chi connectivity index (χ3v) is 2.55. The van der Waals surface area contributed by atoms with Crippen molar-refractivity contribution in [2.45, 2.75) is 13.2 Å². The van der Waals surface area contributed by atoms with Crippen LogP contribution in [0.25, 0.3) is 0 Å². The summed E-state index contributed by atoms with van der Waals surface area (Å²) in [7, 11) is 3.62. The third kappa shape index (κ3) is 3.07. The minimum Gasteiger partial charge on any atom is -0.380 e. The Balaban J connectivity index is 2.03. The summed E-state index contributed by atoms with van der Waals surface area (Å²) in [4.78, 5) is 0. The van der Waals surface area contributed by atoms with Gasteiger partial charge in [0.25, 0.3) is 0 Å². The molecule has 0 aliphatic rings. The summed E-state index contributed by atoms with van der Waals surface area (Å²) >= 11 is 0. The van der Waals surface area contributed by atoms with Gasteiger partial charge >= 0.3 is 0 Å². The number of hydrogen-bond acceptors (Lipinski definition) is 3. The van der Waals surface area contributed by atoms with Gasteiger partial charge in [0.15, 0.2) is 0 Å². The SMILES string of the molecule is COCc1ccccc1NCc1ccn(C)n1. The maximum atomic E-state index is 5.16. The molecule has 1 aromatic heterocycles. The third-order valence-electron chi connectivity index (χ3n) is 2.55. The molecule has 0 amide bonds. The first-order valence-electron chi connectivity index (χ1n) is 5.59. The number of aromatic nitrogens is 2. The minimum atomic E-state index is 0.616. The molecule has 1 N–H and O–H groups in total. The molecule has 0 bridgehead atoms. The Labute approximate surface area is 101 Å². The molecule has 0 saturated heterocycles. The number of rotatable bonds is 5. The second-order valence-electron chi connectivity index (χ2n) is 3.92. The zero-order chi connectivity index (χ0) is 12.1. The summed E-state index contributed by atoms with van der Waals surface area (Å²) in [6, 6.07) is 10.1. The molecule has 2 aromatic rings. The Bertz CT molecular complexity index is 479. The molecule has 0 aliphatic heterocycles. The molecule has 0 atom stereocenters. The van der Waals surface area contributed by atoms with Gasteiger partial charge in [0.1, 0.15) is 0 Å². The van der Waals surface area contributed by atoms with Crippen LogP contribution in [0.1, 0.15) is 11.3 Å². The van der Waals surface area contributed by atoms with E-state index in [2.05, 4.69) is 22.5 Å². The van der Waals surface area contributed by atoms with E-state index in [1.165, 1.54) is 0 Å². The van der Waals surface area contributed by atoms with Gasteiger partial charge in [-0.05, 0) is 12.1 Å². The smallest absolute Gasteiger partial charge is 0.0815 e. The molecule has 0 fully saturated rings. The van der Waals surface area contributed by atoms with Crippen molar-refractivity contribution in [2.24, 2.45) is 7.05 Å². The highest BCUT2D eigenvalue weighted by atomic mass is 16.5. The predicted molar refractivity (Wildman–Crippen MR) is 67.7 cm³/mol. The molecule has 17 heavy (non-hydrogen) atoms. The van der Waals surface area contributed by atoms with Crippen LogP contribution in [-0.4, -0.2) is 16.9 Å². The first-order chi connectivity index (χ1) is 8.29. The van der Waals surface area contributed by atoms with Gasteiger partial charge in [-0.15, -0.1) is 0 Å². The topological polar surface area (TPSA) is 39.1 Å². The van der Waals surface area contributed by atoms with Crippen molar-refractivity contribution in [2.75, 3.05) is 12.4 Å². The standard InChI is InChI=1S/C13H17N3O/c1-16-8-7-12(15-16)9-14-13-6-4-3-5-11(13)10-17-2/h3-8,14H,9-10H2,1-2H3. The van der Waals surface area contributed by atoms with Crippen molar-refractivity contribution in [3.05, 3.63) is 47.8 Å². The summed E-state index contributed by atoms with van der Waals surface area (Å²) in [5.74, 6) is 0. The second kappa shape index (κ2) is 5.50. The number of ether oxygens (including phenoxy) is 1. The fourth-order valence-corrected chi connectivity index (χ4v) is 1.72. The van der Waals surface area contributed by atoms with Gasteiger partial charge in [0.2, 0.25) is 0 Å². The van der Waals surface area contributed by atoms with Crippen LogP contribution in [0.4, 0.5) is 5.69 Å². The fraction of sp³-hybridized carbons (Fsp3) is 0.308. The first kappa shape index (κ1) is 11.7. The Morgan fingerprint density at radius 1 is 1.29 bits per heavy atom. The number of benzene rings is 1. The van der Waals surface area contributed by atoms with Crippen molar-refractivity contribution < 1.29 is 4.74 Å². The van der Waals surface area contributed by atoms with Crippen LogP contribution < -0.4 is 5.32 Å². The van der Waals surface area contributed by atoms with Crippen molar-refractivity contribution in [3.8, 4) is 0 Å². The van der Waals surface area contributed by atoms with E-state index in [9.17, 15) is 0 Å². The number of hydrogen-bond donors (Lipinski definition) is 1. The monoisotopic (exact) mass is 231 g/mol. The molecule has 0 unspecified atom stereocenters. The molecule has 0 spiro atoms. The number of aryl methyl sites for hydroxylation is 1. The number of nitrogens with one attached hydrogen (secondary N) is 1. The number of methoxy groups -OCH3 is 1. The fourth-order valence-electron chi connectivity index (χ4n) is 1.72. The van der Waals surface area contributed by atoms with Gasteiger partial charge < -0.3 is 10.1 Å². The van der Waals surface area contributed by atoms with Crippen LogP contribution in [0, 0.1) is 0 Å². The second-order valence-corrected chi connectivity index (χ2v) is 3.92. The van der Waals surface area contributed by atoms with Gasteiger partial charge in [-0.25, -0.2) is 0 Å². The molecule has 4 nitrogen and oxygen atoms in total. The van der Waals surface area contributed by atoms with Crippen molar-refractivity contribution in [3.63, 3.8) is 0 Å². The molecule has 0 radical (unpaired) electrons. The van der Waals surface area contributed by atoms with E-state index in [-0.39, 0.29) is 0 Å². The summed E-state index contributed by atoms with van der Waals surface area (Å²) in [6.07, 6.45) is 1.94. The first-order valence-corrected chi connectivity index (χ1v) is 5.59. The lowest BCUT2D eigenvalue weighted by Gasteiger charge is -2.10. The highest BCUT2D eigenvalue weighted by molar-refractivity contribution is 5.50. The number of anilines is 1. The molecule has 2 rings (SSSR count). The summed E-state index contributed by atoms with van der Waals surface area (Å²) in [5, 5.41) is 7.70. The van der Waals surface area contributed by atoms with Crippen molar-refractivity contribution in [1.82, 2.24) is 9.78 Å². The van der Waals surface area contributed by atoms with Crippen molar-refractivity contribution >= 4 is 5.69 Å². The van der Waals surface area contributed by atoms with Crippen LogP contribution in [0.15, 0.2) is 36.5 Å². The zero-order valence-corrected chi connectivity index (χ0v) is 10.2. The van der Waals surface area contributed by atoms with Gasteiger partial charge in [0.05, 0.1) is 18.8 Å². The van der Waals surface area contributed by atoms with Crippen LogP contribution in [0.3, 0.4) is 0 Å². The maximum Gasteiger partial charge on any atom is 0.0815 e. The Morgan fingerprint density at radius 3 is 2.82 bits per heavy atom. The van der Waals surface area contributed by atoms with Crippen molar-refractivity contribution in [1.29, 1.82) is 0 Å². The van der Waals surface area contributed by atoms with Crippen LogP contribution in [0.2, 0.25) is 0 Å². The lowest BCUT2D eigenvalue weighted by Crippen LogP contribution is -2.04. The average Bonchev–Trinajstić information content (AvgIpc) is 2.74. The quantitative estimate of drug-likeness (QED) is 0.857. The van der Waals surface area contributed by atoms with E-state index >= 15 is 0 Å². The summed E-state index contributed by atoms with van der Waals surface area (Å²) < 4.78 is 6.97. The Kier molecular flexibility index (Phi) is 3.77. The van der Waals surface area contributed by atoms with E-state index in [1.54, 1.807) is 11.8 Å². The van der Waals surface area contributed by atoms with Gasteiger partial charge in [-0.1, -0.05) is 18.2 Å². The van der Waals surface area contributed by atoms with E-state index in [4.69, 9.17) is 4.74 Å². The van der Waals surface area contributed by atoms with E-state index in [1.807, 2.05) is 31.4 Å². The van der Waals surface area contributed by atoms with Gasteiger partial charge in [0, 0.05) is 31.6 Å². The Morgan fingerprint density at radius 2 is 2.12 bits per heavy atom. The van der Waals surface area contributed by atoms with Crippen LogP contribution >= 0.6 is 0 Å². The van der Waals surface area contributed by atoms with Gasteiger partial charge in [-0.2, -0.15) is 5.10 Å². The molecule has 0 saturated carbocycles. The van der Waals surface area contributed by atoms with Crippen LogP contribution in [-0.2, 0) is 24.9 Å². The maximum absolute atomic E-state index is 5.16. The molecular weight excluding hydrogens is 214 g/mol. The molecular formula is C13H17N3O. The highest BCUT2D eigenvalue weighted by Crippen LogP contribution is 2.16. The normalized spacial score (nSPS) is 10.5. The molecule has 90 valence electrons. The minimum absolute atomic E-state index is 0.616. The molecule has 1 aromatic carbocycles.